The minimum absolute atomic E-state index is 0.0425. The number of hydrogen-bond donors (Lipinski definition) is 1. The van der Waals surface area contributed by atoms with Crippen molar-refractivity contribution in [3.05, 3.63) is 46.0 Å². The average molecular weight is 278 g/mol. The van der Waals surface area contributed by atoms with Gasteiger partial charge in [0, 0.05) is 29.9 Å². The standard InChI is InChI=1S/C14H18N2O2S/c1-10-4-3-6-16-13(18)8-12(15-14(10)16)9-19-11(2)5-7-17/h3-4,6,8,11,17H,5,7,9H2,1-2H3. The summed E-state index contributed by atoms with van der Waals surface area (Å²) < 4.78 is 1.57. The van der Waals surface area contributed by atoms with Crippen LogP contribution in [-0.4, -0.2) is 26.3 Å². The maximum Gasteiger partial charge on any atom is 0.258 e. The molecule has 0 aromatic carbocycles. The van der Waals surface area contributed by atoms with Gasteiger partial charge in [-0.25, -0.2) is 4.98 Å². The van der Waals surface area contributed by atoms with E-state index in [1.54, 1.807) is 28.4 Å². The molecule has 0 saturated heterocycles. The van der Waals surface area contributed by atoms with Gasteiger partial charge in [0.2, 0.25) is 0 Å². The van der Waals surface area contributed by atoms with Gasteiger partial charge in [0.25, 0.3) is 5.56 Å². The van der Waals surface area contributed by atoms with Gasteiger partial charge in [0.15, 0.2) is 0 Å². The Labute approximate surface area is 116 Å². The van der Waals surface area contributed by atoms with Crippen LogP contribution in [0.25, 0.3) is 5.65 Å². The molecular weight excluding hydrogens is 260 g/mol. The summed E-state index contributed by atoms with van der Waals surface area (Å²) in [4.78, 5) is 16.5. The quantitative estimate of drug-likeness (QED) is 0.909. The highest BCUT2D eigenvalue weighted by molar-refractivity contribution is 7.99. The van der Waals surface area contributed by atoms with E-state index in [2.05, 4.69) is 11.9 Å². The van der Waals surface area contributed by atoms with Gasteiger partial charge < -0.3 is 5.11 Å². The second kappa shape index (κ2) is 6.21. The second-order valence-corrected chi connectivity index (χ2v) is 6.03. The average Bonchev–Trinajstić information content (AvgIpc) is 2.38. The summed E-state index contributed by atoms with van der Waals surface area (Å²) in [5.74, 6) is 0.696. The van der Waals surface area contributed by atoms with Crippen LogP contribution in [0.15, 0.2) is 29.2 Å². The molecule has 4 nitrogen and oxygen atoms in total. The van der Waals surface area contributed by atoms with E-state index in [-0.39, 0.29) is 12.2 Å². The number of thioether (sulfide) groups is 1. The number of pyridine rings is 1. The van der Waals surface area contributed by atoms with Crippen molar-refractivity contribution in [3.63, 3.8) is 0 Å². The van der Waals surface area contributed by atoms with E-state index < -0.39 is 0 Å². The third kappa shape index (κ3) is 3.36. The molecule has 0 bridgehead atoms. The van der Waals surface area contributed by atoms with Crippen molar-refractivity contribution in [2.24, 2.45) is 0 Å². The van der Waals surface area contributed by atoms with E-state index in [0.29, 0.717) is 11.0 Å². The van der Waals surface area contributed by atoms with Gasteiger partial charge in [-0.2, -0.15) is 11.8 Å². The van der Waals surface area contributed by atoms with Crippen molar-refractivity contribution >= 4 is 17.4 Å². The molecule has 0 aliphatic carbocycles. The Morgan fingerprint density at radius 1 is 1.53 bits per heavy atom. The highest BCUT2D eigenvalue weighted by atomic mass is 32.2. The fourth-order valence-electron chi connectivity index (χ4n) is 1.88. The first-order valence-corrected chi connectivity index (χ1v) is 7.37. The largest absolute Gasteiger partial charge is 0.396 e. The lowest BCUT2D eigenvalue weighted by molar-refractivity contribution is 0.289. The molecule has 102 valence electrons. The fraction of sp³-hybridized carbons (Fsp3) is 0.429. The Morgan fingerprint density at radius 2 is 2.32 bits per heavy atom. The molecule has 0 saturated carbocycles. The minimum atomic E-state index is -0.0425. The molecule has 0 aliphatic heterocycles. The highest BCUT2D eigenvalue weighted by Crippen LogP contribution is 2.18. The maximum absolute atomic E-state index is 12.0. The van der Waals surface area contributed by atoms with Gasteiger partial charge in [0.05, 0.1) is 5.69 Å². The van der Waals surface area contributed by atoms with Crippen LogP contribution in [0.4, 0.5) is 0 Å². The Morgan fingerprint density at radius 3 is 3.05 bits per heavy atom. The lowest BCUT2D eigenvalue weighted by Crippen LogP contribution is -2.16. The first-order chi connectivity index (χ1) is 9.11. The van der Waals surface area contributed by atoms with Crippen LogP contribution in [0.5, 0.6) is 0 Å². The van der Waals surface area contributed by atoms with E-state index in [9.17, 15) is 4.79 Å². The first kappa shape index (κ1) is 14.1. The van der Waals surface area contributed by atoms with Crippen molar-refractivity contribution in [3.8, 4) is 0 Å². The number of aromatic nitrogens is 2. The zero-order valence-corrected chi connectivity index (χ0v) is 12.0. The van der Waals surface area contributed by atoms with Crippen LogP contribution in [0.3, 0.4) is 0 Å². The monoisotopic (exact) mass is 278 g/mol. The smallest absolute Gasteiger partial charge is 0.258 e. The predicted molar refractivity (Wildman–Crippen MR) is 78.7 cm³/mol. The molecule has 2 aromatic rings. The SMILES string of the molecule is Cc1cccn2c(=O)cc(CSC(C)CCO)nc12. The van der Waals surface area contributed by atoms with Crippen LogP contribution in [0.1, 0.15) is 24.6 Å². The Kier molecular flexibility index (Phi) is 4.61. The lowest BCUT2D eigenvalue weighted by Gasteiger charge is -2.10. The van der Waals surface area contributed by atoms with E-state index >= 15 is 0 Å². The van der Waals surface area contributed by atoms with Crippen LogP contribution >= 0.6 is 11.8 Å². The second-order valence-electron chi connectivity index (χ2n) is 4.60. The molecule has 2 heterocycles. The molecule has 0 radical (unpaired) electrons. The van der Waals surface area contributed by atoms with Crippen LogP contribution in [0.2, 0.25) is 0 Å². The van der Waals surface area contributed by atoms with Gasteiger partial charge in [-0.1, -0.05) is 13.0 Å². The highest BCUT2D eigenvalue weighted by Gasteiger charge is 2.07. The number of aryl methyl sites for hydroxylation is 1. The van der Waals surface area contributed by atoms with Crippen molar-refractivity contribution in [2.45, 2.75) is 31.3 Å². The summed E-state index contributed by atoms with van der Waals surface area (Å²) >= 11 is 1.71. The van der Waals surface area contributed by atoms with Gasteiger partial charge >= 0.3 is 0 Å². The molecule has 0 spiro atoms. The normalized spacial score (nSPS) is 12.8. The molecule has 0 fully saturated rings. The number of aliphatic hydroxyl groups excluding tert-OH is 1. The fourth-order valence-corrected chi connectivity index (χ4v) is 2.75. The van der Waals surface area contributed by atoms with E-state index in [4.69, 9.17) is 5.11 Å². The predicted octanol–water partition coefficient (Wildman–Crippen LogP) is 2.01. The molecule has 5 heteroatoms. The van der Waals surface area contributed by atoms with Gasteiger partial charge in [-0.15, -0.1) is 0 Å². The molecule has 1 unspecified atom stereocenters. The minimum Gasteiger partial charge on any atom is -0.396 e. The topological polar surface area (TPSA) is 54.6 Å². The summed E-state index contributed by atoms with van der Waals surface area (Å²) in [5.41, 5.74) is 2.48. The van der Waals surface area contributed by atoms with Gasteiger partial charge in [-0.05, 0) is 25.0 Å². The maximum atomic E-state index is 12.0. The summed E-state index contributed by atoms with van der Waals surface area (Å²) in [6.45, 7) is 4.22. The van der Waals surface area contributed by atoms with Crippen molar-refractivity contribution in [1.82, 2.24) is 9.38 Å². The Bertz CT molecular complexity index is 624. The lowest BCUT2D eigenvalue weighted by atomic mass is 10.3. The van der Waals surface area contributed by atoms with E-state index in [0.717, 1.165) is 23.3 Å². The molecule has 1 atom stereocenters. The zero-order valence-electron chi connectivity index (χ0n) is 11.2. The summed E-state index contributed by atoms with van der Waals surface area (Å²) in [6.07, 6.45) is 2.50. The van der Waals surface area contributed by atoms with E-state index in [1.807, 2.05) is 19.1 Å². The van der Waals surface area contributed by atoms with Crippen LogP contribution in [0, 0.1) is 6.92 Å². The summed E-state index contributed by atoms with van der Waals surface area (Å²) in [6, 6.07) is 5.39. The molecule has 0 amide bonds. The summed E-state index contributed by atoms with van der Waals surface area (Å²) in [7, 11) is 0. The van der Waals surface area contributed by atoms with Crippen molar-refractivity contribution < 1.29 is 5.11 Å². The molecule has 2 aromatic heterocycles. The Hall–Kier alpha value is -1.33. The number of nitrogens with zero attached hydrogens (tertiary/aromatic N) is 2. The molecule has 2 rings (SSSR count). The van der Waals surface area contributed by atoms with Crippen LogP contribution in [-0.2, 0) is 5.75 Å². The summed E-state index contributed by atoms with van der Waals surface area (Å²) in [5, 5.41) is 9.24. The van der Waals surface area contributed by atoms with E-state index in [1.165, 1.54) is 0 Å². The van der Waals surface area contributed by atoms with Gasteiger partial charge in [-0.3, -0.25) is 9.20 Å². The number of hydrogen-bond acceptors (Lipinski definition) is 4. The zero-order chi connectivity index (χ0) is 13.8. The number of fused-ring (bicyclic) bond motifs is 1. The first-order valence-electron chi connectivity index (χ1n) is 6.32. The van der Waals surface area contributed by atoms with Crippen molar-refractivity contribution in [1.29, 1.82) is 0 Å². The molecule has 19 heavy (non-hydrogen) atoms. The molecular formula is C14H18N2O2S. The number of aliphatic hydroxyl groups is 1. The Balaban J connectivity index is 2.26. The third-order valence-corrected chi connectivity index (χ3v) is 4.26. The van der Waals surface area contributed by atoms with Crippen molar-refractivity contribution in [2.75, 3.05) is 6.61 Å². The molecule has 0 aliphatic rings. The number of rotatable bonds is 5. The van der Waals surface area contributed by atoms with Gasteiger partial charge in [0.1, 0.15) is 5.65 Å². The van der Waals surface area contributed by atoms with Crippen LogP contribution < -0.4 is 5.56 Å². The third-order valence-electron chi connectivity index (χ3n) is 2.99. The molecule has 1 N–H and O–H groups in total.